The number of hydrogen-bond acceptors (Lipinski definition) is 1. The SMILES string of the molecule is O[C@H]1[C@H]2C[C@H]3C[C@H](C2)C(=C2C4CC5CC(C4)CC2C5)[C@@H]1C3. The fourth-order valence-corrected chi connectivity index (χ4v) is 8.26. The van der Waals surface area contributed by atoms with Crippen molar-refractivity contribution in [1.82, 2.24) is 0 Å². The van der Waals surface area contributed by atoms with E-state index in [4.69, 9.17) is 0 Å². The zero-order chi connectivity index (χ0) is 13.7. The second-order valence-electron chi connectivity index (χ2n) is 9.58. The third-order valence-electron chi connectivity index (χ3n) is 8.51. The molecule has 8 bridgehead atoms. The van der Waals surface area contributed by atoms with Crippen LogP contribution in [0.4, 0.5) is 0 Å². The average Bonchev–Trinajstić information content (AvgIpc) is 2.45. The van der Waals surface area contributed by atoms with Gasteiger partial charge in [0.2, 0.25) is 0 Å². The predicted octanol–water partition coefficient (Wildman–Crippen LogP) is 4.17. The molecular formula is C20H28O. The van der Waals surface area contributed by atoms with Crippen molar-refractivity contribution in [3.63, 3.8) is 0 Å². The molecular weight excluding hydrogens is 256 g/mol. The van der Waals surface area contributed by atoms with E-state index in [1.807, 2.05) is 11.1 Å². The Balaban J connectivity index is 1.47. The maximum Gasteiger partial charge on any atom is 0.0634 e. The van der Waals surface area contributed by atoms with Crippen molar-refractivity contribution in [1.29, 1.82) is 0 Å². The first kappa shape index (κ1) is 12.2. The number of allylic oxidation sites excluding steroid dienone is 1. The molecule has 8 rings (SSSR count). The van der Waals surface area contributed by atoms with E-state index >= 15 is 0 Å². The van der Waals surface area contributed by atoms with Crippen molar-refractivity contribution in [3.8, 4) is 0 Å². The number of rotatable bonds is 0. The molecule has 0 aromatic rings. The Labute approximate surface area is 128 Å². The second-order valence-corrected chi connectivity index (χ2v) is 9.58. The molecule has 0 saturated heterocycles. The van der Waals surface area contributed by atoms with Crippen LogP contribution in [-0.4, -0.2) is 11.2 Å². The van der Waals surface area contributed by atoms with Crippen LogP contribution >= 0.6 is 0 Å². The summed E-state index contributed by atoms with van der Waals surface area (Å²) in [7, 11) is 0. The third kappa shape index (κ3) is 1.52. The van der Waals surface area contributed by atoms with Gasteiger partial charge in [-0.3, -0.25) is 0 Å². The van der Waals surface area contributed by atoms with Gasteiger partial charge in [0.1, 0.15) is 0 Å². The van der Waals surface area contributed by atoms with Gasteiger partial charge in [-0.2, -0.15) is 0 Å². The molecule has 0 aromatic carbocycles. The molecule has 114 valence electrons. The second kappa shape index (κ2) is 3.96. The lowest BCUT2D eigenvalue weighted by Crippen LogP contribution is -2.52. The summed E-state index contributed by atoms with van der Waals surface area (Å²) in [5.74, 6) is 7.13. The quantitative estimate of drug-likeness (QED) is 0.662. The van der Waals surface area contributed by atoms with Crippen LogP contribution in [-0.2, 0) is 0 Å². The zero-order valence-electron chi connectivity index (χ0n) is 13.0. The topological polar surface area (TPSA) is 20.2 Å². The summed E-state index contributed by atoms with van der Waals surface area (Å²) >= 11 is 0. The lowest BCUT2D eigenvalue weighted by atomic mass is 9.47. The molecule has 21 heavy (non-hydrogen) atoms. The molecule has 0 heterocycles. The molecule has 0 amide bonds. The molecule has 8 aliphatic rings. The van der Waals surface area contributed by atoms with Crippen LogP contribution in [0.15, 0.2) is 11.1 Å². The van der Waals surface area contributed by atoms with Crippen molar-refractivity contribution >= 4 is 0 Å². The van der Waals surface area contributed by atoms with E-state index in [1.165, 1.54) is 51.4 Å². The minimum atomic E-state index is 0.0255. The Bertz CT molecular complexity index is 488. The monoisotopic (exact) mass is 284 g/mol. The molecule has 0 unspecified atom stereocenters. The van der Waals surface area contributed by atoms with Gasteiger partial charge in [0.25, 0.3) is 0 Å². The van der Waals surface area contributed by atoms with Gasteiger partial charge in [-0.25, -0.2) is 0 Å². The molecule has 8 aliphatic carbocycles. The average molecular weight is 284 g/mol. The van der Waals surface area contributed by atoms with Gasteiger partial charge >= 0.3 is 0 Å². The highest BCUT2D eigenvalue weighted by Gasteiger charge is 2.54. The van der Waals surface area contributed by atoms with E-state index in [0.29, 0.717) is 11.8 Å². The van der Waals surface area contributed by atoms with E-state index in [-0.39, 0.29) is 6.10 Å². The summed E-state index contributed by atoms with van der Waals surface area (Å²) in [4.78, 5) is 0. The molecule has 1 heteroatoms. The van der Waals surface area contributed by atoms with Gasteiger partial charge in [0, 0.05) is 5.92 Å². The van der Waals surface area contributed by atoms with Crippen LogP contribution in [0.25, 0.3) is 0 Å². The third-order valence-corrected chi connectivity index (χ3v) is 8.51. The highest BCUT2D eigenvalue weighted by molar-refractivity contribution is 5.34. The molecule has 1 nitrogen and oxygen atoms in total. The van der Waals surface area contributed by atoms with Gasteiger partial charge in [-0.15, -0.1) is 0 Å². The highest BCUT2D eigenvalue weighted by Crippen LogP contribution is 2.63. The van der Waals surface area contributed by atoms with Gasteiger partial charge in [0.05, 0.1) is 6.10 Å². The Hall–Kier alpha value is -0.300. The number of aliphatic hydroxyl groups is 1. The summed E-state index contributed by atoms with van der Waals surface area (Å²) in [6.07, 6.45) is 13.1. The fourth-order valence-electron chi connectivity index (χ4n) is 8.26. The Morgan fingerprint density at radius 3 is 1.81 bits per heavy atom. The normalized spacial score (nSPS) is 60.1. The number of hydrogen-bond donors (Lipinski definition) is 1. The minimum Gasteiger partial charge on any atom is -0.392 e. The van der Waals surface area contributed by atoms with Crippen molar-refractivity contribution in [3.05, 3.63) is 11.1 Å². The molecule has 1 N–H and O–H groups in total. The zero-order valence-corrected chi connectivity index (χ0v) is 13.0. The minimum absolute atomic E-state index is 0.0255. The molecule has 8 saturated carbocycles. The van der Waals surface area contributed by atoms with Crippen LogP contribution in [0.3, 0.4) is 0 Å². The molecule has 0 spiro atoms. The summed E-state index contributed by atoms with van der Waals surface area (Å²) in [5.41, 5.74) is 3.79. The first-order valence-electron chi connectivity index (χ1n) is 9.68. The summed E-state index contributed by atoms with van der Waals surface area (Å²) < 4.78 is 0. The van der Waals surface area contributed by atoms with E-state index in [0.717, 1.165) is 35.5 Å². The summed E-state index contributed by atoms with van der Waals surface area (Å²) in [6, 6.07) is 0. The first-order valence-corrected chi connectivity index (χ1v) is 9.68. The smallest absolute Gasteiger partial charge is 0.0634 e. The largest absolute Gasteiger partial charge is 0.392 e. The van der Waals surface area contributed by atoms with E-state index in [9.17, 15) is 5.11 Å². The standard InChI is InChI=1S/C20H28O/c21-20-16-7-12-6-15(9-16)19(17(20)8-12)18-13-2-10-1-11(4-13)5-14(18)3-10/h10-17,20-21H,1-9H2/t10?,11?,12-,13?,14?,15-,16+,17+,20+/m1/s1. The maximum atomic E-state index is 10.8. The Morgan fingerprint density at radius 2 is 1.14 bits per heavy atom. The van der Waals surface area contributed by atoms with Crippen LogP contribution < -0.4 is 0 Å². The summed E-state index contributed by atoms with van der Waals surface area (Å²) in [5, 5.41) is 10.8. The van der Waals surface area contributed by atoms with Crippen molar-refractivity contribution < 1.29 is 5.11 Å². The van der Waals surface area contributed by atoms with Crippen molar-refractivity contribution in [2.75, 3.05) is 0 Å². The van der Waals surface area contributed by atoms with Crippen molar-refractivity contribution in [2.45, 2.75) is 63.9 Å². The van der Waals surface area contributed by atoms with E-state index in [1.54, 1.807) is 6.42 Å². The maximum absolute atomic E-state index is 10.8. The summed E-state index contributed by atoms with van der Waals surface area (Å²) in [6.45, 7) is 0. The van der Waals surface area contributed by atoms with Crippen LogP contribution in [0, 0.1) is 47.3 Å². The van der Waals surface area contributed by atoms with Crippen LogP contribution in [0.5, 0.6) is 0 Å². The lowest BCUT2D eigenvalue weighted by Gasteiger charge is -2.59. The number of aliphatic hydroxyl groups excluding tert-OH is 1. The molecule has 0 radical (unpaired) electrons. The Kier molecular flexibility index (Phi) is 2.29. The van der Waals surface area contributed by atoms with Crippen molar-refractivity contribution in [2.24, 2.45) is 47.3 Å². The molecule has 8 fully saturated rings. The van der Waals surface area contributed by atoms with Gasteiger partial charge in [-0.1, -0.05) is 11.1 Å². The molecule has 0 aromatic heterocycles. The molecule has 5 atom stereocenters. The van der Waals surface area contributed by atoms with Crippen LogP contribution in [0.2, 0.25) is 0 Å². The van der Waals surface area contributed by atoms with E-state index in [2.05, 4.69) is 0 Å². The predicted molar refractivity (Wildman–Crippen MR) is 82.5 cm³/mol. The first-order chi connectivity index (χ1) is 10.3. The highest BCUT2D eigenvalue weighted by atomic mass is 16.3. The van der Waals surface area contributed by atoms with Gasteiger partial charge in [-0.05, 0) is 99.2 Å². The van der Waals surface area contributed by atoms with E-state index < -0.39 is 0 Å². The lowest BCUT2D eigenvalue weighted by molar-refractivity contribution is -0.0620. The Morgan fingerprint density at radius 1 is 0.571 bits per heavy atom. The molecule has 0 aliphatic heterocycles. The van der Waals surface area contributed by atoms with Crippen LogP contribution in [0.1, 0.15) is 57.8 Å². The van der Waals surface area contributed by atoms with Gasteiger partial charge < -0.3 is 5.11 Å². The van der Waals surface area contributed by atoms with Gasteiger partial charge in [0.15, 0.2) is 0 Å². The fraction of sp³-hybridized carbons (Fsp3) is 0.900.